The number of rotatable bonds is 6. The van der Waals surface area contributed by atoms with E-state index in [0.717, 1.165) is 22.9 Å². The molecular weight excluding hydrogens is 306 g/mol. The van der Waals surface area contributed by atoms with Gasteiger partial charge < -0.3 is 14.6 Å². The first-order chi connectivity index (χ1) is 11.2. The van der Waals surface area contributed by atoms with Crippen LogP contribution in [0.25, 0.3) is 0 Å². The Morgan fingerprint density at radius 2 is 1.96 bits per heavy atom. The van der Waals surface area contributed by atoms with E-state index in [1.54, 1.807) is 11.8 Å². The zero-order valence-electron chi connectivity index (χ0n) is 15.3. The molecule has 132 valence electrons. The second-order valence-corrected chi connectivity index (χ2v) is 6.97. The first-order valence-electron chi connectivity index (χ1n) is 8.08. The highest BCUT2D eigenvalue weighted by Crippen LogP contribution is 2.34. The van der Waals surface area contributed by atoms with Gasteiger partial charge in [0.2, 0.25) is 0 Å². The summed E-state index contributed by atoms with van der Waals surface area (Å²) in [6, 6.07) is 5.73. The van der Waals surface area contributed by atoms with Gasteiger partial charge in [-0.1, -0.05) is 20.8 Å². The number of benzene rings is 1. The molecule has 0 amide bonds. The second kappa shape index (κ2) is 7.21. The molecule has 0 aliphatic heterocycles. The molecule has 0 aliphatic rings. The Hall–Kier alpha value is -2.08. The van der Waals surface area contributed by atoms with Gasteiger partial charge in [-0.05, 0) is 37.5 Å². The summed E-state index contributed by atoms with van der Waals surface area (Å²) in [4.78, 5) is 4.23. The molecule has 1 atom stereocenters. The fourth-order valence-corrected chi connectivity index (χ4v) is 2.52. The topological polar surface area (TPSA) is 69.4 Å². The molecular formula is C18H27N3O3. The maximum absolute atomic E-state index is 10.3. The SMILES string of the molecule is COc1ccc(OCC(O)Cn2nc(C)nc2C)c(C(C)(C)C)c1. The van der Waals surface area contributed by atoms with Crippen LogP contribution in [0, 0.1) is 13.8 Å². The Morgan fingerprint density at radius 3 is 2.50 bits per heavy atom. The highest BCUT2D eigenvalue weighted by Gasteiger charge is 2.21. The molecule has 1 aromatic heterocycles. The number of aromatic nitrogens is 3. The molecule has 2 aromatic rings. The van der Waals surface area contributed by atoms with E-state index in [1.807, 2.05) is 32.0 Å². The number of aliphatic hydroxyl groups excluding tert-OH is 1. The van der Waals surface area contributed by atoms with Crippen molar-refractivity contribution in [2.75, 3.05) is 13.7 Å². The van der Waals surface area contributed by atoms with Crippen molar-refractivity contribution in [1.82, 2.24) is 14.8 Å². The summed E-state index contributed by atoms with van der Waals surface area (Å²) in [6.07, 6.45) is -0.667. The van der Waals surface area contributed by atoms with Gasteiger partial charge in [0, 0.05) is 5.56 Å². The Bertz CT molecular complexity index is 689. The van der Waals surface area contributed by atoms with Crippen molar-refractivity contribution in [1.29, 1.82) is 0 Å². The number of methoxy groups -OCH3 is 1. The van der Waals surface area contributed by atoms with Crippen molar-refractivity contribution in [2.45, 2.75) is 52.7 Å². The van der Waals surface area contributed by atoms with Gasteiger partial charge >= 0.3 is 0 Å². The third-order valence-corrected chi connectivity index (χ3v) is 3.77. The number of aliphatic hydroxyl groups is 1. The van der Waals surface area contributed by atoms with Crippen LogP contribution in [-0.2, 0) is 12.0 Å². The van der Waals surface area contributed by atoms with E-state index >= 15 is 0 Å². The van der Waals surface area contributed by atoms with Crippen LogP contribution < -0.4 is 9.47 Å². The molecule has 0 saturated carbocycles. The zero-order chi connectivity index (χ0) is 17.9. The third kappa shape index (κ3) is 4.47. The van der Waals surface area contributed by atoms with Crippen LogP contribution in [0.2, 0.25) is 0 Å². The molecule has 0 aliphatic carbocycles. The highest BCUT2D eigenvalue weighted by molar-refractivity contribution is 5.44. The molecule has 6 nitrogen and oxygen atoms in total. The largest absolute Gasteiger partial charge is 0.497 e. The van der Waals surface area contributed by atoms with E-state index in [0.29, 0.717) is 12.4 Å². The molecule has 0 radical (unpaired) electrons. The number of hydrogen-bond acceptors (Lipinski definition) is 5. The third-order valence-electron chi connectivity index (χ3n) is 3.77. The van der Waals surface area contributed by atoms with Crippen molar-refractivity contribution in [2.24, 2.45) is 0 Å². The lowest BCUT2D eigenvalue weighted by Crippen LogP contribution is -2.25. The van der Waals surface area contributed by atoms with Crippen LogP contribution in [0.4, 0.5) is 0 Å². The lowest BCUT2D eigenvalue weighted by molar-refractivity contribution is 0.0876. The van der Waals surface area contributed by atoms with Gasteiger partial charge in [-0.3, -0.25) is 0 Å². The number of ether oxygens (including phenoxy) is 2. The van der Waals surface area contributed by atoms with Crippen LogP contribution >= 0.6 is 0 Å². The van der Waals surface area contributed by atoms with Gasteiger partial charge in [0.25, 0.3) is 0 Å². The predicted octanol–water partition coefficient (Wildman–Crippen LogP) is 2.64. The molecule has 24 heavy (non-hydrogen) atoms. The molecule has 1 N–H and O–H groups in total. The minimum atomic E-state index is -0.667. The van der Waals surface area contributed by atoms with Crippen molar-refractivity contribution in [3.8, 4) is 11.5 Å². The molecule has 6 heteroatoms. The average Bonchev–Trinajstić information content (AvgIpc) is 2.81. The molecule has 1 heterocycles. The zero-order valence-corrected chi connectivity index (χ0v) is 15.3. The van der Waals surface area contributed by atoms with E-state index in [1.165, 1.54) is 0 Å². The first-order valence-corrected chi connectivity index (χ1v) is 8.08. The number of hydrogen-bond donors (Lipinski definition) is 1. The smallest absolute Gasteiger partial charge is 0.147 e. The fraction of sp³-hybridized carbons (Fsp3) is 0.556. The maximum Gasteiger partial charge on any atom is 0.147 e. The van der Waals surface area contributed by atoms with Crippen molar-refractivity contribution in [3.63, 3.8) is 0 Å². The summed E-state index contributed by atoms with van der Waals surface area (Å²) >= 11 is 0. The maximum atomic E-state index is 10.3. The van der Waals surface area contributed by atoms with Gasteiger partial charge in [-0.25, -0.2) is 9.67 Å². The summed E-state index contributed by atoms with van der Waals surface area (Å²) in [5.74, 6) is 3.03. The highest BCUT2D eigenvalue weighted by atomic mass is 16.5. The molecule has 0 bridgehead atoms. The van der Waals surface area contributed by atoms with Gasteiger partial charge in [0.1, 0.15) is 35.9 Å². The minimum Gasteiger partial charge on any atom is -0.497 e. The molecule has 0 saturated heterocycles. The van der Waals surface area contributed by atoms with E-state index in [9.17, 15) is 5.11 Å². The fourth-order valence-electron chi connectivity index (χ4n) is 2.52. The van der Waals surface area contributed by atoms with Crippen LogP contribution in [0.3, 0.4) is 0 Å². The normalized spacial score (nSPS) is 13.0. The summed E-state index contributed by atoms with van der Waals surface area (Å²) in [7, 11) is 1.65. The van der Waals surface area contributed by atoms with Crippen LogP contribution in [-0.4, -0.2) is 39.7 Å². The first kappa shape index (κ1) is 18.3. The standard InChI is InChI=1S/C18H27N3O3/c1-12-19-13(2)21(20-12)10-14(22)11-24-17-8-7-15(23-6)9-16(17)18(3,4)5/h7-9,14,22H,10-11H2,1-6H3. The van der Waals surface area contributed by atoms with Crippen molar-refractivity contribution < 1.29 is 14.6 Å². The number of nitrogens with zero attached hydrogens (tertiary/aromatic N) is 3. The molecule has 0 fully saturated rings. The van der Waals surface area contributed by atoms with Crippen molar-refractivity contribution in [3.05, 3.63) is 35.4 Å². The molecule has 0 spiro atoms. The van der Waals surface area contributed by atoms with Gasteiger partial charge in [-0.15, -0.1) is 0 Å². The van der Waals surface area contributed by atoms with Gasteiger partial charge in [-0.2, -0.15) is 5.10 Å². The Morgan fingerprint density at radius 1 is 1.25 bits per heavy atom. The van der Waals surface area contributed by atoms with Gasteiger partial charge in [0.05, 0.1) is 13.7 Å². The summed E-state index contributed by atoms with van der Waals surface area (Å²) in [6.45, 7) is 10.6. The quantitative estimate of drug-likeness (QED) is 0.880. The van der Waals surface area contributed by atoms with Crippen LogP contribution in [0.5, 0.6) is 11.5 Å². The van der Waals surface area contributed by atoms with E-state index < -0.39 is 6.10 Å². The molecule has 1 aromatic carbocycles. The molecule has 1 unspecified atom stereocenters. The second-order valence-electron chi connectivity index (χ2n) is 6.97. The summed E-state index contributed by atoms with van der Waals surface area (Å²) < 4.78 is 12.9. The molecule has 2 rings (SSSR count). The van der Waals surface area contributed by atoms with Gasteiger partial charge in [0.15, 0.2) is 0 Å². The lowest BCUT2D eigenvalue weighted by atomic mass is 9.86. The van der Waals surface area contributed by atoms with Crippen LogP contribution in [0.15, 0.2) is 18.2 Å². The summed E-state index contributed by atoms with van der Waals surface area (Å²) in [5, 5.41) is 14.5. The van der Waals surface area contributed by atoms with E-state index in [4.69, 9.17) is 9.47 Å². The van der Waals surface area contributed by atoms with Crippen molar-refractivity contribution >= 4 is 0 Å². The Kier molecular flexibility index (Phi) is 5.49. The minimum absolute atomic E-state index is 0.0889. The average molecular weight is 333 g/mol. The van der Waals surface area contributed by atoms with E-state index in [2.05, 4.69) is 30.9 Å². The Labute approximate surface area is 143 Å². The lowest BCUT2D eigenvalue weighted by Gasteiger charge is -2.24. The van der Waals surface area contributed by atoms with Crippen LogP contribution in [0.1, 0.15) is 38.0 Å². The van der Waals surface area contributed by atoms with E-state index in [-0.39, 0.29) is 12.0 Å². The summed E-state index contributed by atoms with van der Waals surface area (Å²) in [5.41, 5.74) is 0.955. The Balaban J connectivity index is 2.07. The predicted molar refractivity (Wildman–Crippen MR) is 92.7 cm³/mol. The number of aryl methyl sites for hydroxylation is 2. The monoisotopic (exact) mass is 333 g/mol.